The molecule has 0 saturated heterocycles. The average Bonchev–Trinajstić information content (AvgIpc) is 2.54. The van der Waals surface area contributed by atoms with Crippen LogP contribution in [0.15, 0.2) is 54.6 Å². The van der Waals surface area contributed by atoms with Crippen LogP contribution in [0.2, 0.25) is 0 Å². The van der Waals surface area contributed by atoms with E-state index in [0.717, 1.165) is 11.3 Å². The van der Waals surface area contributed by atoms with Gasteiger partial charge in [-0.05, 0) is 35.6 Å². The van der Waals surface area contributed by atoms with Crippen LogP contribution in [-0.2, 0) is 11.0 Å². The van der Waals surface area contributed by atoms with Crippen molar-refractivity contribution in [1.82, 2.24) is 5.32 Å². The van der Waals surface area contributed by atoms with Gasteiger partial charge in [-0.1, -0.05) is 63.2 Å². The van der Waals surface area contributed by atoms with Crippen molar-refractivity contribution in [3.63, 3.8) is 0 Å². The van der Waals surface area contributed by atoms with Crippen molar-refractivity contribution in [2.75, 3.05) is 11.9 Å². The minimum atomic E-state index is -1.12. The zero-order chi connectivity index (χ0) is 17.8. The summed E-state index contributed by atoms with van der Waals surface area (Å²) in [5.74, 6) is 0. The summed E-state index contributed by atoms with van der Waals surface area (Å²) in [6, 6.07) is 16.7. The molecule has 128 valence electrons. The highest BCUT2D eigenvalue weighted by atomic mass is 16.3. The summed E-state index contributed by atoms with van der Waals surface area (Å²) >= 11 is 0. The molecule has 0 spiro atoms. The maximum Gasteiger partial charge on any atom is 0.319 e. The lowest BCUT2D eigenvalue weighted by Gasteiger charge is -2.24. The number of hydrogen-bond donors (Lipinski definition) is 3. The molecule has 0 heterocycles. The lowest BCUT2D eigenvalue weighted by molar-refractivity contribution is 0.0599. The molecule has 0 saturated carbocycles. The van der Waals surface area contributed by atoms with E-state index < -0.39 is 5.60 Å². The number of hydrogen-bond acceptors (Lipinski definition) is 2. The van der Waals surface area contributed by atoms with Gasteiger partial charge in [0.15, 0.2) is 0 Å². The Labute approximate surface area is 143 Å². The molecule has 1 atom stereocenters. The van der Waals surface area contributed by atoms with Crippen molar-refractivity contribution in [2.24, 2.45) is 0 Å². The fraction of sp³-hybridized carbons (Fsp3) is 0.350. The Morgan fingerprint density at radius 1 is 0.917 bits per heavy atom. The first kappa shape index (κ1) is 18.0. The molecule has 2 aromatic carbocycles. The van der Waals surface area contributed by atoms with E-state index in [1.165, 1.54) is 5.56 Å². The van der Waals surface area contributed by atoms with Gasteiger partial charge in [-0.15, -0.1) is 0 Å². The van der Waals surface area contributed by atoms with Gasteiger partial charge in [0, 0.05) is 5.69 Å². The molecular formula is C20H26N2O2. The summed E-state index contributed by atoms with van der Waals surface area (Å²) in [4.78, 5) is 12.0. The average molecular weight is 326 g/mol. The number of anilines is 1. The molecule has 2 amide bonds. The first-order valence-corrected chi connectivity index (χ1v) is 8.12. The smallest absolute Gasteiger partial charge is 0.319 e. The predicted octanol–water partition coefficient (Wildman–Crippen LogP) is 4.01. The summed E-state index contributed by atoms with van der Waals surface area (Å²) in [5.41, 5.74) is 1.66. The second-order valence-electron chi connectivity index (χ2n) is 7.27. The molecule has 24 heavy (non-hydrogen) atoms. The molecule has 0 radical (unpaired) electrons. The van der Waals surface area contributed by atoms with Crippen LogP contribution in [0.5, 0.6) is 0 Å². The van der Waals surface area contributed by atoms with E-state index in [0.29, 0.717) is 0 Å². The Bertz CT molecular complexity index is 671. The summed E-state index contributed by atoms with van der Waals surface area (Å²) in [6.45, 7) is 8.25. The highest BCUT2D eigenvalue weighted by Crippen LogP contribution is 2.23. The minimum absolute atomic E-state index is 0.0785. The number of benzene rings is 2. The number of nitrogens with one attached hydrogen (secondary N) is 2. The van der Waals surface area contributed by atoms with E-state index in [1.54, 1.807) is 6.92 Å². The van der Waals surface area contributed by atoms with Crippen LogP contribution in [0.4, 0.5) is 10.5 Å². The summed E-state index contributed by atoms with van der Waals surface area (Å²) in [7, 11) is 0. The van der Waals surface area contributed by atoms with Gasteiger partial charge in [0.2, 0.25) is 0 Å². The van der Waals surface area contributed by atoms with Gasteiger partial charge in [0.25, 0.3) is 0 Å². The van der Waals surface area contributed by atoms with Crippen molar-refractivity contribution in [3.05, 3.63) is 65.7 Å². The molecule has 3 N–H and O–H groups in total. The Morgan fingerprint density at radius 2 is 1.50 bits per heavy atom. The van der Waals surface area contributed by atoms with Gasteiger partial charge in [-0.25, -0.2) is 4.79 Å². The third kappa shape index (κ3) is 4.83. The van der Waals surface area contributed by atoms with Crippen molar-refractivity contribution in [2.45, 2.75) is 38.7 Å². The number of rotatable bonds is 4. The second-order valence-corrected chi connectivity index (χ2v) is 7.27. The van der Waals surface area contributed by atoms with Gasteiger partial charge in [-0.3, -0.25) is 0 Å². The van der Waals surface area contributed by atoms with E-state index >= 15 is 0 Å². The number of carbonyl (C=O) groups excluding carboxylic acids is 1. The van der Waals surface area contributed by atoms with E-state index in [-0.39, 0.29) is 18.0 Å². The maximum absolute atomic E-state index is 12.0. The van der Waals surface area contributed by atoms with Crippen molar-refractivity contribution in [1.29, 1.82) is 0 Å². The highest BCUT2D eigenvalue weighted by Gasteiger charge is 2.23. The molecule has 4 heteroatoms. The zero-order valence-electron chi connectivity index (χ0n) is 14.8. The second kappa shape index (κ2) is 7.05. The molecule has 0 fully saturated rings. The molecule has 2 aromatic rings. The molecule has 0 aliphatic rings. The molecule has 0 bridgehead atoms. The Kier molecular flexibility index (Phi) is 5.30. The third-order valence-corrected chi connectivity index (χ3v) is 4.00. The van der Waals surface area contributed by atoms with Gasteiger partial charge < -0.3 is 15.7 Å². The van der Waals surface area contributed by atoms with Crippen LogP contribution in [0.25, 0.3) is 0 Å². The topological polar surface area (TPSA) is 61.4 Å². The SMILES string of the molecule is CC(C)(C)c1ccc(NC(=O)NCC(C)(O)c2ccccc2)cc1. The lowest BCUT2D eigenvalue weighted by Crippen LogP contribution is -2.40. The molecule has 4 nitrogen and oxygen atoms in total. The van der Waals surface area contributed by atoms with Gasteiger partial charge in [0.1, 0.15) is 5.60 Å². The molecular weight excluding hydrogens is 300 g/mol. The van der Waals surface area contributed by atoms with E-state index in [4.69, 9.17) is 0 Å². The minimum Gasteiger partial charge on any atom is -0.384 e. The number of carbonyl (C=O) groups is 1. The van der Waals surface area contributed by atoms with Crippen LogP contribution in [-0.4, -0.2) is 17.7 Å². The number of urea groups is 1. The van der Waals surface area contributed by atoms with Crippen molar-refractivity contribution in [3.8, 4) is 0 Å². The molecule has 0 aliphatic heterocycles. The number of amides is 2. The van der Waals surface area contributed by atoms with E-state index in [1.807, 2.05) is 54.6 Å². The lowest BCUT2D eigenvalue weighted by atomic mass is 9.87. The fourth-order valence-electron chi connectivity index (χ4n) is 2.38. The van der Waals surface area contributed by atoms with Crippen molar-refractivity contribution < 1.29 is 9.90 Å². The van der Waals surface area contributed by atoms with E-state index in [2.05, 4.69) is 31.4 Å². The Hall–Kier alpha value is -2.33. The largest absolute Gasteiger partial charge is 0.384 e. The molecule has 1 unspecified atom stereocenters. The monoisotopic (exact) mass is 326 g/mol. The normalized spacial score (nSPS) is 13.9. The fourth-order valence-corrected chi connectivity index (χ4v) is 2.38. The first-order valence-electron chi connectivity index (χ1n) is 8.12. The quantitative estimate of drug-likeness (QED) is 0.795. The van der Waals surface area contributed by atoms with Crippen LogP contribution >= 0.6 is 0 Å². The van der Waals surface area contributed by atoms with Gasteiger partial charge >= 0.3 is 6.03 Å². The first-order chi connectivity index (χ1) is 11.2. The van der Waals surface area contributed by atoms with Crippen molar-refractivity contribution >= 4 is 11.7 Å². The Balaban J connectivity index is 1.92. The predicted molar refractivity (Wildman–Crippen MR) is 98.2 cm³/mol. The highest BCUT2D eigenvalue weighted by molar-refractivity contribution is 5.89. The summed E-state index contributed by atoms with van der Waals surface area (Å²) in [6.07, 6.45) is 0. The van der Waals surface area contributed by atoms with Crippen LogP contribution in [0.3, 0.4) is 0 Å². The number of aliphatic hydroxyl groups is 1. The third-order valence-electron chi connectivity index (χ3n) is 4.00. The van der Waals surface area contributed by atoms with Crippen LogP contribution in [0, 0.1) is 0 Å². The summed E-state index contributed by atoms with van der Waals surface area (Å²) in [5, 5.41) is 16.0. The van der Waals surface area contributed by atoms with Gasteiger partial charge in [-0.2, -0.15) is 0 Å². The Morgan fingerprint density at radius 3 is 2.04 bits per heavy atom. The van der Waals surface area contributed by atoms with Gasteiger partial charge in [0.05, 0.1) is 6.54 Å². The van der Waals surface area contributed by atoms with E-state index in [9.17, 15) is 9.90 Å². The van der Waals surface area contributed by atoms with Crippen LogP contribution in [0.1, 0.15) is 38.8 Å². The molecule has 2 rings (SSSR count). The maximum atomic E-state index is 12.0. The standard InChI is InChI=1S/C20H26N2O2/c1-19(2,3)15-10-12-17(13-11-15)22-18(23)21-14-20(4,24)16-8-6-5-7-9-16/h5-13,24H,14H2,1-4H3,(H2,21,22,23). The molecule has 0 aliphatic carbocycles. The molecule has 0 aromatic heterocycles. The zero-order valence-corrected chi connectivity index (χ0v) is 14.8. The van der Waals surface area contributed by atoms with Crippen LogP contribution < -0.4 is 10.6 Å². The summed E-state index contributed by atoms with van der Waals surface area (Å²) < 4.78 is 0.